The summed E-state index contributed by atoms with van der Waals surface area (Å²) < 4.78 is 27.1. The highest BCUT2D eigenvalue weighted by molar-refractivity contribution is 5.63. The number of benzene rings is 1. The van der Waals surface area contributed by atoms with Gasteiger partial charge in [-0.3, -0.25) is 4.98 Å². The van der Waals surface area contributed by atoms with Gasteiger partial charge in [0.1, 0.15) is 12.4 Å². The molecular formula is C23H24F2N6O. The van der Waals surface area contributed by atoms with Crippen LogP contribution in [0.15, 0.2) is 66.9 Å². The van der Waals surface area contributed by atoms with E-state index in [1.165, 1.54) is 6.20 Å². The molecule has 2 heterocycles. The highest BCUT2D eigenvalue weighted by atomic mass is 19.3. The lowest BCUT2D eigenvalue weighted by Gasteiger charge is -2.19. The monoisotopic (exact) mass is 438 g/mol. The summed E-state index contributed by atoms with van der Waals surface area (Å²) in [5.74, 6) is -2.85. The zero-order chi connectivity index (χ0) is 23.1. The molecule has 0 aliphatic heterocycles. The molecule has 1 aromatic carbocycles. The van der Waals surface area contributed by atoms with E-state index < -0.39 is 5.92 Å². The van der Waals surface area contributed by atoms with Crippen molar-refractivity contribution < 1.29 is 13.9 Å². The minimum atomic E-state index is -3.06. The fraction of sp³-hybridized carbons (Fsp3) is 0.261. The lowest BCUT2D eigenvalue weighted by Crippen LogP contribution is -2.13. The van der Waals surface area contributed by atoms with Crippen molar-refractivity contribution in [2.45, 2.75) is 32.1 Å². The smallest absolute Gasteiger partial charge is 0.288 e. The van der Waals surface area contributed by atoms with E-state index in [0.717, 1.165) is 36.6 Å². The number of alkyl halides is 2. The first-order valence-corrected chi connectivity index (χ1v) is 10.0. The molecule has 3 rings (SSSR count). The summed E-state index contributed by atoms with van der Waals surface area (Å²) in [6.07, 6.45) is 4.87. The van der Waals surface area contributed by atoms with Gasteiger partial charge in [-0.05, 0) is 24.6 Å². The number of nitrogens with zero attached hydrogens (tertiary/aromatic N) is 4. The minimum absolute atomic E-state index is 0.122. The van der Waals surface area contributed by atoms with Gasteiger partial charge in [-0.2, -0.15) is 8.78 Å². The van der Waals surface area contributed by atoms with Crippen LogP contribution in [0, 0.1) is 0 Å². The van der Waals surface area contributed by atoms with Gasteiger partial charge >= 0.3 is 0 Å². The molecule has 3 aromatic rings. The molecule has 32 heavy (non-hydrogen) atoms. The molecule has 0 aliphatic rings. The summed E-state index contributed by atoms with van der Waals surface area (Å²) in [7, 11) is 0. The molecule has 7 nitrogen and oxygen atoms in total. The summed E-state index contributed by atoms with van der Waals surface area (Å²) >= 11 is 0. The molecule has 0 spiro atoms. The summed E-state index contributed by atoms with van der Waals surface area (Å²) in [4.78, 5) is 16.4. The first kappa shape index (κ1) is 23.0. The maximum Gasteiger partial charge on any atom is 0.288 e. The van der Waals surface area contributed by atoms with Crippen molar-refractivity contribution in [3.63, 3.8) is 0 Å². The van der Waals surface area contributed by atoms with Gasteiger partial charge in [0.05, 0.1) is 29.5 Å². The second-order valence-electron chi connectivity index (χ2n) is 7.07. The molecule has 9 heteroatoms. The van der Waals surface area contributed by atoms with Gasteiger partial charge in [0.2, 0.25) is 5.95 Å². The van der Waals surface area contributed by atoms with Crippen molar-refractivity contribution in [3.8, 4) is 11.3 Å². The fourth-order valence-corrected chi connectivity index (χ4v) is 3.13. The summed E-state index contributed by atoms with van der Waals surface area (Å²) in [6.45, 7) is 6.34. The molecule has 0 saturated carbocycles. The molecule has 0 fully saturated rings. The number of aliphatic hydroxyl groups excluding tert-OH is 1. The Morgan fingerprint density at radius 1 is 1.19 bits per heavy atom. The number of halogens is 2. The first-order valence-electron chi connectivity index (χ1n) is 10.0. The molecule has 2 aromatic heterocycles. The number of nitrogens with one attached hydrogen (secondary N) is 2. The molecule has 166 valence electrons. The van der Waals surface area contributed by atoms with E-state index in [-0.39, 0.29) is 18.3 Å². The molecule has 3 N–H and O–H groups in total. The van der Waals surface area contributed by atoms with E-state index in [1.807, 2.05) is 19.1 Å². The van der Waals surface area contributed by atoms with Crippen LogP contribution in [-0.2, 0) is 5.92 Å². The minimum Gasteiger partial charge on any atom is -0.376 e. The maximum atomic E-state index is 13.6. The quantitative estimate of drug-likeness (QED) is 0.330. The summed E-state index contributed by atoms with van der Waals surface area (Å²) in [5, 5.41) is 15.0. The third-order valence-electron chi connectivity index (χ3n) is 4.76. The van der Waals surface area contributed by atoms with Gasteiger partial charge in [-0.1, -0.05) is 25.6 Å². The highest BCUT2D eigenvalue weighted by Crippen LogP contribution is 2.29. The van der Waals surface area contributed by atoms with Gasteiger partial charge in [0.15, 0.2) is 0 Å². The first-order chi connectivity index (χ1) is 15.4. The largest absolute Gasteiger partial charge is 0.376 e. The number of aromatic nitrogens is 4. The van der Waals surface area contributed by atoms with Crippen LogP contribution in [0.5, 0.6) is 0 Å². The van der Waals surface area contributed by atoms with E-state index in [2.05, 4.69) is 42.9 Å². The van der Waals surface area contributed by atoms with Gasteiger partial charge in [-0.15, -0.1) is 5.73 Å². The predicted octanol–water partition coefficient (Wildman–Crippen LogP) is 4.68. The predicted molar refractivity (Wildman–Crippen MR) is 119 cm³/mol. The van der Waals surface area contributed by atoms with Crippen LogP contribution in [0.2, 0.25) is 0 Å². The Morgan fingerprint density at radius 2 is 1.94 bits per heavy atom. The molecule has 1 unspecified atom stereocenters. The van der Waals surface area contributed by atoms with E-state index in [1.54, 1.807) is 24.4 Å². The summed E-state index contributed by atoms with van der Waals surface area (Å²) in [5.41, 5.74) is 5.84. The Labute approximate surface area is 185 Å². The number of anilines is 2. The molecule has 0 radical (unpaired) electrons. The van der Waals surface area contributed by atoms with E-state index in [9.17, 15) is 8.78 Å². The second-order valence-corrected chi connectivity index (χ2v) is 7.07. The van der Waals surface area contributed by atoms with Gasteiger partial charge < -0.3 is 15.7 Å². The van der Waals surface area contributed by atoms with Crippen molar-refractivity contribution >= 4 is 11.6 Å². The summed E-state index contributed by atoms with van der Waals surface area (Å²) in [6, 6.07) is 8.99. The van der Waals surface area contributed by atoms with Crippen LogP contribution in [0.3, 0.4) is 0 Å². The van der Waals surface area contributed by atoms with Crippen molar-refractivity contribution in [1.82, 2.24) is 19.9 Å². The third-order valence-corrected chi connectivity index (χ3v) is 4.76. The number of hydrogen-bond donors (Lipinski definition) is 3. The number of aliphatic hydroxyl groups is 1. The molecule has 0 saturated heterocycles. The van der Waals surface area contributed by atoms with Crippen LogP contribution < -0.4 is 10.6 Å². The zero-order valence-electron chi connectivity index (χ0n) is 17.8. The lowest BCUT2D eigenvalue weighted by molar-refractivity contribution is 0.0125. The standard InChI is InChI=1S/C23H24F2N6O/c1-4-17(19-10-11-27-22(31-19)28-14-32)18(5-2)29-16-8-6-15(7-9-16)20-12-26-13-21(30-20)23(3,24)25/h6-13,17,29,32H,2,4,14H2,1,3H3,(H,27,28,31). The van der Waals surface area contributed by atoms with Crippen LogP contribution in [0.1, 0.15) is 37.6 Å². The Balaban J connectivity index is 1.80. The van der Waals surface area contributed by atoms with Gasteiger partial charge in [-0.25, -0.2) is 15.0 Å². The van der Waals surface area contributed by atoms with Crippen LogP contribution in [-0.4, -0.2) is 31.8 Å². The van der Waals surface area contributed by atoms with E-state index in [4.69, 9.17) is 5.11 Å². The highest BCUT2D eigenvalue weighted by Gasteiger charge is 2.27. The third kappa shape index (κ3) is 5.51. The molecule has 0 amide bonds. The number of allylic oxidation sites excluding steroid dienone is 1. The van der Waals surface area contributed by atoms with E-state index in [0.29, 0.717) is 17.2 Å². The SMILES string of the molecule is C=C=C(Nc1ccc(-c2cncc(C(C)(F)F)n2)cc1)C(CC)c1ccnc(NCO)n1. The molecule has 0 aliphatic carbocycles. The molecular weight excluding hydrogens is 414 g/mol. The number of hydrogen-bond acceptors (Lipinski definition) is 7. The van der Waals surface area contributed by atoms with Crippen LogP contribution in [0.25, 0.3) is 11.3 Å². The average Bonchev–Trinajstić information content (AvgIpc) is 2.79. The normalized spacial score (nSPS) is 12.0. The van der Waals surface area contributed by atoms with E-state index >= 15 is 0 Å². The van der Waals surface area contributed by atoms with Crippen molar-refractivity contribution in [1.29, 1.82) is 0 Å². The Bertz CT molecular complexity index is 1110. The zero-order valence-corrected chi connectivity index (χ0v) is 17.8. The van der Waals surface area contributed by atoms with Crippen molar-refractivity contribution in [3.05, 3.63) is 78.3 Å². The van der Waals surface area contributed by atoms with Gasteiger partial charge in [0, 0.05) is 30.3 Å². The average molecular weight is 438 g/mol. The fourth-order valence-electron chi connectivity index (χ4n) is 3.13. The van der Waals surface area contributed by atoms with Crippen molar-refractivity contribution in [2.24, 2.45) is 0 Å². The van der Waals surface area contributed by atoms with Crippen LogP contribution >= 0.6 is 0 Å². The van der Waals surface area contributed by atoms with Gasteiger partial charge in [0.25, 0.3) is 5.92 Å². The number of rotatable bonds is 9. The Hall–Kier alpha value is -3.68. The second kappa shape index (κ2) is 10.1. The topological polar surface area (TPSA) is 95.9 Å². The lowest BCUT2D eigenvalue weighted by atomic mass is 9.98. The van der Waals surface area contributed by atoms with Crippen LogP contribution in [0.4, 0.5) is 20.4 Å². The molecule has 0 bridgehead atoms. The molecule has 1 atom stereocenters. The maximum absolute atomic E-state index is 13.6. The van der Waals surface area contributed by atoms with Crippen molar-refractivity contribution in [2.75, 3.05) is 17.4 Å². The Morgan fingerprint density at radius 3 is 2.56 bits per heavy atom. The Kier molecular flexibility index (Phi) is 7.25.